The lowest BCUT2D eigenvalue weighted by Gasteiger charge is -2.10. The number of nitrogens with zero attached hydrogens (tertiary/aromatic N) is 2. The van der Waals surface area contributed by atoms with Crippen molar-refractivity contribution in [2.24, 2.45) is 10.1 Å². The largest absolute Gasteiger partial charge is 0.318 e. The number of aromatic nitrogens is 1. The van der Waals surface area contributed by atoms with E-state index in [1.807, 2.05) is 62.6 Å². The number of amidine groups is 1. The van der Waals surface area contributed by atoms with E-state index in [0.717, 1.165) is 33.9 Å². The van der Waals surface area contributed by atoms with Gasteiger partial charge in [0.25, 0.3) is 5.91 Å². The quantitative estimate of drug-likeness (QED) is 0.545. The van der Waals surface area contributed by atoms with Crippen LogP contribution in [-0.4, -0.2) is 24.1 Å². The highest BCUT2D eigenvalue weighted by Gasteiger charge is 2.24. The van der Waals surface area contributed by atoms with Crippen molar-refractivity contribution < 1.29 is 13.2 Å². The van der Waals surface area contributed by atoms with Crippen molar-refractivity contribution in [1.82, 2.24) is 9.88 Å². The van der Waals surface area contributed by atoms with Crippen LogP contribution in [0.1, 0.15) is 28.1 Å². The van der Waals surface area contributed by atoms with Crippen LogP contribution in [0.3, 0.4) is 0 Å². The molecule has 1 aliphatic rings. The minimum atomic E-state index is -3.75. The average Bonchev–Trinajstić information content (AvgIpc) is 3.22. The second kappa shape index (κ2) is 8.66. The van der Waals surface area contributed by atoms with E-state index in [2.05, 4.69) is 10.3 Å². The first-order valence-corrected chi connectivity index (χ1v) is 12.6. The Morgan fingerprint density at radius 1 is 1.00 bits per heavy atom. The molecule has 0 saturated carbocycles. The fraction of sp³-hybridized carbons (Fsp3) is 0.167. The molecule has 1 fully saturated rings. The van der Waals surface area contributed by atoms with Crippen molar-refractivity contribution in [3.63, 3.8) is 0 Å². The number of carbonyl (C=O) groups excluding carboxylic acids is 1. The maximum Gasteiger partial charge on any atom is 0.264 e. The molecule has 1 aliphatic heterocycles. The van der Waals surface area contributed by atoms with Crippen LogP contribution >= 0.6 is 11.8 Å². The van der Waals surface area contributed by atoms with E-state index >= 15 is 0 Å². The smallest absolute Gasteiger partial charge is 0.264 e. The van der Waals surface area contributed by atoms with Crippen LogP contribution in [0.4, 0.5) is 5.69 Å². The molecule has 0 unspecified atom stereocenters. The summed E-state index contributed by atoms with van der Waals surface area (Å²) >= 11 is 1.30. The van der Waals surface area contributed by atoms with Gasteiger partial charge in [0.2, 0.25) is 10.0 Å². The lowest BCUT2D eigenvalue weighted by Crippen LogP contribution is -2.19. The first-order valence-electron chi connectivity index (χ1n) is 10.2. The molecular formula is C24H24N4O3S2. The first kappa shape index (κ1) is 23.0. The molecule has 0 aliphatic carbocycles. The normalized spacial score (nSPS) is 16.6. The Morgan fingerprint density at radius 2 is 1.70 bits per heavy atom. The molecular weight excluding hydrogens is 456 g/mol. The molecule has 2 heterocycles. The Labute approximate surface area is 197 Å². The van der Waals surface area contributed by atoms with Gasteiger partial charge in [-0.15, -0.1) is 0 Å². The van der Waals surface area contributed by atoms with Gasteiger partial charge in [0.15, 0.2) is 5.17 Å². The van der Waals surface area contributed by atoms with Crippen molar-refractivity contribution in [3.05, 3.63) is 81.5 Å². The van der Waals surface area contributed by atoms with Crippen LogP contribution in [0.2, 0.25) is 0 Å². The molecule has 9 heteroatoms. The molecule has 1 amide bonds. The third-order valence-corrected chi connectivity index (χ3v) is 7.39. The van der Waals surface area contributed by atoms with Crippen molar-refractivity contribution >= 4 is 44.6 Å². The Kier molecular flexibility index (Phi) is 6.04. The molecule has 0 spiro atoms. The van der Waals surface area contributed by atoms with Crippen molar-refractivity contribution in [3.8, 4) is 5.69 Å². The summed E-state index contributed by atoms with van der Waals surface area (Å²) in [5, 5.41) is 8.57. The highest BCUT2D eigenvalue weighted by Crippen LogP contribution is 2.31. The number of benzene rings is 2. The maximum atomic E-state index is 12.5. The van der Waals surface area contributed by atoms with Gasteiger partial charge in [-0.2, -0.15) is 0 Å². The molecule has 170 valence electrons. The summed E-state index contributed by atoms with van der Waals surface area (Å²) in [7, 11) is -3.75. The van der Waals surface area contributed by atoms with Crippen molar-refractivity contribution in [1.29, 1.82) is 0 Å². The second-order valence-electron chi connectivity index (χ2n) is 7.95. The van der Waals surface area contributed by atoms with E-state index in [1.54, 1.807) is 12.1 Å². The van der Waals surface area contributed by atoms with Gasteiger partial charge in [0.05, 0.1) is 15.5 Å². The predicted octanol–water partition coefficient (Wildman–Crippen LogP) is 4.25. The SMILES string of the molecule is Cc1ccc(N=C2NC(=O)/C(=C/c3cc(C)n(-c4ccc(S(N)(=O)=O)cc4)c3C)S2)cc1C. The molecule has 4 rings (SSSR count). The summed E-state index contributed by atoms with van der Waals surface area (Å²) in [6, 6.07) is 14.3. The maximum absolute atomic E-state index is 12.5. The number of nitrogens with two attached hydrogens (primary N) is 1. The van der Waals surface area contributed by atoms with Gasteiger partial charge in [-0.1, -0.05) is 6.07 Å². The number of primary sulfonamides is 1. The third kappa shape index (κ3) is 4.80. The topological polar surface area (TPSA) is 107 Å². The fourth-order valence-electron chi connectivity index (χ4n) is 3.65. The first-order chi connectivity index (χ1) is 15.5. The predicted molar refractivity (Wildman–Crippen MR) is 133 cm³/mol. The molecule has 3 aromatic rings. The number of carbonyl (C=O) groups is 1. The molecule has 0 atom stereocenters. The van der Waals surface area contributed by atoms with E-state index in [9.17, 15) is 13.2 Å². The summed E-state index contributed by atoms with van der Waals surface area (Å²) in [5.74, 6) is -0.190. The van der Waals surface area contributed by atoms with Gasteiger partial charge in [-0.05, 0) is 105 Å². The van der Waals surface area contributed by atoms with Crippen LogP contribution in [0.5, 0.6) is 0 Å². The van der Waals surface area contributed by atoms with Crippen LogP contribution in [-0.2, 0) is 14.8 Å². The zero-order valence-electron chi connectivity index (χ0n) is 18.7. The van der Waals surface area contributed by atoms with E-state index in [0.29, 0.717) is 10.1 Å². The van der Waals surface area contributed by atoms with Crippen LogP contribution in [0.15, 0.2) is 63.3 Å². The zero-order chi connectivity index (χ0) is 23.9. The number of aryl methyl sites for hydroxylation is 3. The number of nitrogens with one attached hydrogen (secondary N) is 1. The molecule has 7 nitrogen and oxygen atoms in total. The van der Waals surface area contributed by atoms with Crippen molar-refractivity contribution in [2.75, 3.05) is 0 Å². The number of aliphatic imine (C=N–C) groups is 1. The minimum Gasteiger partial charge on any atom is -0.318 e. The highest BCUT2D eigenvalue weighted by atomic mass is 32.2. The van der Waals surface area contributed by atoms with Gasteiger partial charge in [0, 0.05) is 17.1 Å². The van der Waals surface area contributed by atoms with Crippen LogP contribution in [0.25, 0.3) is 11.8 Å². The molecule has 0 bridgehead atoms. The van der Waals surface area contributed by atoms with Gasteiger partial charge >= 0.3 is 0 Å². The Bertz CT molecular complexity index is 1430. The second-order valence-corrected chi connectivity index (χ2v) is 10.5. The van der Waals surface area contributed by atoms with Gasteiger partial charge in [0.1, 0.15) is 0 Å². The summed E-state index contributed by atoms with van der Waals surface area (Å²) < 4.78 is 25.1. The summed E-state index contributed by atoms with van der Waals surface area (Å²) in [4.78, 5) is 17.7. The number of rotatable bonds is 4. The summed E-state index contributed by atoms with van der Waals surface area (Å²) in [5.41, 5.74) is 6.72. The number of hydrogen-bond donors (Lipinski definition) is 2. The van der Waals surface area contributed by atoms with Gasteiger partial charge in [-0.25, -0.2) is 18.5 Å². The molecule has 3 N–H and O–H groups in total. The van der Waals surface area contributed by atoms with Gasteiger partial charge < -0.3 is 9.88 Å². The third-order valence-electron chi connectivity index (χ3n) is 5.55. The monoisotopic (exact) mass is 480 g/mol. The molecule has 0 radical (unpaired) electrons. The Morgan fingerprint density at radius 3 is 2.33 bits per heavy atom. The van der Waals surface area contributed by atoms with Gasteiger partial charge in [-0.3, -0.25) is 4.79 Å². The summed E-state index contributed by atoms with van der Waals surface area (Å²) in [6.07, 6.45) is 1.85. The van der Waals surface area contributed by atoms with E-state index in [-0.39, 0.29) is 10.8 Å². The Hall–Kier alpha value is -3.14. The Balaban J connectivity index is 1.63. The van der Waals surface area contributed by atoms with E-state index in [4.69, 9.17) is 5.14 Å². The molecule has 33 heavy (non-hydrogen) atoms. The number of amides is 1. The fourth-order valence-corrected chi connectivity index (χ4v) is 5.00. The molecule has 1 saturated heterocycles. The number of hydrogen-bond acceptors (Lipinski definition) is 5. The van der Waals surface area contributed by atoms with Crippen LogP contribution in [0, 0.1) is 27.7 Å². The standard InChI is InChI=1S/C24H24N4O3S2/c1-14-5-6-19(11-15(14)2)26-24-27-23(29)22(32-24)13-18-12-16(3)28(17(18)4)20-7-9-21(10-8-20)33(25,30)31/h5-13H,1-4H3,(H2,25,30,31)(H,26,27,29)/b22-13-. The molecule has 2 aromatic carbocycles. The lowest BCUT2D eigenvalue weighted by molar-refractivity contribution is -0.115. The van der Waals surface area contributed by atoms with E-state index in [1.165, 1.54) is 29.5 Å². The van der Waals surface area contributed by atoms with Crippen LogP contribution < -0.4 is 10.5 Å². The average molecular weight is 481 g/mol. The number of thioether (sulfide) groups is 1. The lowest BCUT2D eigenvalue weighted by atomic mass is 10.1. The highest BCUT2D eigenvalue weighted by molar-refractivity contribution is 8.18. The summed E-state index contributed by atoms with van der Waals surface area (Å²) in [6.45, 7) is 7.98. The van der Waals surface area contributed by atoms with E-state index < -0.39 is 10.0 Å². The van der Waals surface area contributed by atoms with Crippen molar-refractivity contribution in [2.45, 2.75) is 32.6 Å². The minimum absolute atomic E-state index is 0.0608. The zero-order valence-corrected chi connectivity index (χ0v) is 20.3. The number of sulfonamides is 1. The molecule has 1 aromatic heterocycles.